The molecule has 234 valence electrons. The maximum Gasteiger partial charge on any atom is 0.490 e. The molecule has 2 atom stereocenters. The molecule has 0 aromatic carbocycles. The number of hydrogen-bond donors (Lipinski definition) is 2. The summed E-state index contributed by atoms with van der Waals surface area (Å²) in [6.07, 6.45) is -4.78. The van der Waals surface area contributed by atoms with E-state index in [1.807, 2.05) is 24.3 Å². The van der Waals surface area contributed by atoms with Crippen LogP contribution in [0.1, 0.15) is 29.5 Å². The van der Waals surface area contributed by atoms with Crippen LogP contribution in [-0.4, -0.2) is 88.1 Å². The number of aromatic nitrogens is 2. The monoisotopic (exact) mass is 628 g/mol. The Labute approximate surface area is 240 Å². The van der Waals surface area contributed by atoms with Crippen molar-refractivity contribution < 1.29 is 55.7 Å². The first-order valence-corrected chi connectivity index (χ1v) is 13.4. The number of hydrogen-bond acceptors (Lipinski definition) is 9. The van der Waals surface area contributed by atoms with Crippen LogP contribution in [-0.2, 0) is 25.7 Å². The number of aliphatic carboxylic acids is 2. The summed E-state index contributed by atoms with van der Waals surface area (Å²) < 4.78 is 69.0. The Balaban J connectivity index is 0.000000367. The summed E-state index contributed by atoms with van der Waals surface area (Å²) in [4.78, 5) is 47.1. The second kappa shape index (κ2) is 14.6. The predicted octanol–water partition coefficient (Wildman–Crippen LogP) is 4.39. The lowest BCUT2D eigenvalue weighted by atomic mass is 9.75. The average Bonchev–Trinajstić information content (AvgIpc) is 3.43. The van der Waals surface area contributed by atoms with Crippen LogP contribution in [0.2, 0.25) is 0 Å². The average molecular weight is 629 g/mol. The third-order valence-electron chi connectivity index (χ3n) is 6.45. The maximum atomic E-state index is 13.1. The number of halogens is 6. The van der Waals surface area contributed by atoms with E-state index in [1.54, 1.807) is 12.4 Å². The van der Waals surface area contributed by atoms with E-state index in [2.05, 4.69) is 38.8 Å². The van der Waals surface area contributed by atoms with E-state index in [9.17, 15) is 31.1 Å². The van der Waals surface area contributed by atoms with Crippen molar-refractivity contribution in [2.75, 3.05) is 37.7 Å². The fourth-order valence-electron chi connectivity index (χ4n) is 4.66. The van der Waals surface area contributed by atoms with Crippen LogP contribution in [0.25, 0.3) is 0 Å². The summed E-state index contributed by atoms with van der Waals surface area (Å²) in [7, 11) is 0. The molecule has 2 aromatic rings. The minimum absolute atomic E-state index is 0.0488. The van der Waals surface area contributed by atoms with Crippen molar-refractivity contribution in [1.82, 2.24) is 14.9 Å². The summed E-state index contributed by atoms with van der Waals surface area (Å²) in [5, 5.41) is 14.2. The van der Waals surface area contributed by atoms with E-state index >= 15 is 0 Å². The minimum Gasteiger partial charge on any atom is -0.475 e. The highest BCUT2D eigenvalue weighted by Gasteiger charge is 2.54. The van der Waals surface area contributed by atoms with Crippen LogP contribution in [0.3, 0.4) is 0 Å². The number of nitrogens with zero attached hydrogens (tertiary/aromatic N) is 4. The number of anilines is 1. The van der Waals surface area contributed by atoms with Gasteiger partial charge in [0.2, 0.25) is 5.95 Å². The molecule has 2 aliphatic heterocycles. The zero-order chi connectivity index (χ0) is 31.7. The Kier molecular flexibility index (Phi) is 12.1. The lowest BCUT2D eigenvalue weighted by molar-refractivity contribution is -0.193. The number of thiophene rings is 1. The van der Waals surface area contributed by atoms with Crippen molar-refractivity contribution in [3.8, 4) is 0 Å². The van der Waals surface area contributed by atoms with Gasteiger partial charge >= 0.3 is 30.3 Å². The van der Waals surface area contributed by atoms with Gasteiger partial charge in [-0.15, -0.1) is 11.3 Å². The molecule has 2 aromatic heterocycles. The van der Waals surface area contributed by atoms with Gasteiger partial charge in [0.25, 0.3) is 0 Å². The quantitative estimate of drug-likeness (QED) is 0.363. The summed E-state index contributed by atoms with van der Waals surface area (Å²) in [5.74, 6) is -4.63. The van der Waals surface area contributed by atoms with Crippen LogP contribution in [0, 0.1) is 18.3 Å². The molecule has 2 fully saturated rings. The molecule has 0 spiro atoms. The molecule has 0 amide bonds. The van der Waals surface area contributed by atoms with E-state index in [4.69, 9.17) is 24.5 Å². The molecular formula is C25H30F6N4O6S. The second-order valence-electron chi connectivity index (χ2n) is 9.46. The molecule has 0 radical (unpaired) electrons. The van der Waals surface area contributed by atoms with E-state index in [0.29, 0.717) is 19.1 Å². The third kappa shape index (κ3) is 9.82. The van der Waals surface area contributed by atoms with Gasteiger partial charge in [0.1, 0.15) is 0 Å². The number of fused-ring (bicyclic) bond motifs is 1. The van der Waals surface area contributed by atoms with E-state index in [-0.39, 0.29) is 11.9 Å². The van der Waals surface area contributed by atoms with Crippen LogP contribution >= 0.6 is 11.3 Å². The van der Waals surface area contributed by atoms with Crippen LogP contribution in [0.5, 0.6) is 0 Å². The molecular weight excluding hydrogens is 598 g/mol. The number of aryl methyl sites for hydroxylation is 1. The Morgan fingerprint density at radius 3 is 2.10 bits per heavy atom. The highest BCUT2D eigenvalue weighted by atomic mass is 32.1. The molecule has 42 heavy (non-hydrogen) atoms. The molecule has 0 bridgehead atoms. The van der Waals surface area contributed by atoms with Crippen molar-refractivity contribution in [2.45, 2.75) is 45.6 Å². The molecule has 2 saturated heterocycles. The Morgan fingerprint density at radius 1 is 1.05 bits per heavy atom. The fourth-order valence-corrected chi connectivity index (χ4v) is 5.59. The van der Waals surface area contributed by atoms with Crippen LogP contribution < -0.4 is 4.90 Å². The van der Waals surface area contributed by atoms with E-state index < -0.39 is 29.7 Å². The molecule has 4 rings (SSSR count). The number of alkyl halides is 6. The standard InChI is InChI=1S/C21H28N4O2S.2C2HF3O2/c1-3-27-19(26)21-8-4-11-24(14-18-7-6-16(2)28-18)12-17(21)13-25(15-21)20-22-9-5-10-23-20;2*3-2(4,5)1(6)7/h5-7,9-10,17H,3-4,8,11-15H2,1-2H3;2*(H,6,7)/t17-,21-;;/m0../s1. The van der Waals surface area contributed by atoms with Crippen molar-refractivity contribution in [3.63, 3.8) is 0 Å². The van der Waals surface area contributed by atoms with E-state index in [1.165, 1.54) is 9.75 Å². The first-order valence-electron chi connectivity index (χ1n) is 12.6. The third-order valence-corrected chi connectivity index (χ3v) is 7.43. The summed E-state index contributed by atoms with van der Waals surface area (Å²) >= 11 is 1.86. The number of carbonyl (C=O) groups is 3. The molecule has 0 aliphatic carbocycles. The first kappa shape index (κ1) is 34.7. The molecule has 0 unspecified atom stereocenters. The minimum atomic E-state index is -5.08. The summed E-state index contributed by atoms with van der Waals surface area (Å²) in [6, 6.07) is 6.23. The predicted molar refractivity (Wildman–Crippen MR) is 138 cm³/mol. The van der Waals surface area contributed by atoms with Crippen molar-refractivity contribution >= 4 is 35.2 Å². The van der Waals surface area contributed by atoms with Crippen LogP contribution in [0.15, 0.2) is 30.6 Å². The van der Waals surface area contributed by atoms with Gasteiger partial charge in [-0.25, -0.2) is 19.6 Å². The number of carbonyl (C=O) groups excluding carboxylic acids is 1. The molecule has 2 N–H and O–H groups in total. The van der Waals surface area contributed by atoms with E-state index in [0.717, 1.165) is 39.0 Å². The van der Waals surface area contributed by atoms with Crippen molar-refractivity contribution in [2.24, 2.45) is 11.3 Å². The molecule has 0 saturated carbocycles. The zero-order valence-electron chi connectivity index (χ0n) is 22.6. The van der Waals surface area contributed by atoms with Gasteiger partial charge in [-0.1, -0.05) is 0 Å². The topological polar surface area (TPSA) is 133 Å². The molecule has 2 aliphatic rings. The number of esters is 1. The summed E-state index contributed by atoms with van der Waals surface area (Å²) in [5.41, 5.74) is -0.463. The number of ether oxygens (including phenoxy) is 1. The number of carboxylic acid groups (broad SMARTS) is 2. The second-order valence-corrected chi connectivity index (χ2v) is 10.8. The van der Waals surface area contributed by atoms with Crippen molar-refractivity contribution in [1.29, 1.82) is 0 Å². The highest BCUT2D eigenvalue weighted by Crippen LogP contribution is 2.44. The highest BCUT2D eigenvalue weighted by molar-refractivity contribution is 7.11. The van der Waals surface area contributed by atoms with Gasteiger partial charge in [-0.05, 0) is 51.4 Å². The van der Waals surface area contributed by atoms with Gasteiger partial charge in [-0.2, -0.15) is 26.3 Å². The first-order chi connectivity index (χ1) is 19.5. The lowest BCUT2D eigenvalue weighted by Gasteiger charge is -2.31. The zero-order valence-corrected chi connectivity index (χ0v) is 23.4. The number of carboxylic acids is 2. The van der Waals surface area contributed by atoms with Crippen LogP contribution in [0.4, 0.5) is 32.3 Å². The van der Waals surface area contributed by atoms with Crippen molar-refractivity contribution in [3.05, 3.63) is 40.3 Å². The lowest BCUT2D eigenvalue weighted by Crippen LogP contribution is -2.42. The Hall–Kier alpha value is -3.47. The largest absolute Gasteiger partial charge is 0.490 e. The van der Waals surface area contributed by atoms with Gasteiger partial charge < -0.3 is 19.8 Å². The van der Waals surface area contributed by atoms with Gasteiger partial charge in [0.05, 0.1) is 12.0 Å². The maximum absolute atomic E-state index is 13.1. The summed E-state index contributed by atoms with van der Waals surface area (Å²) in [6.45, 7) is 8.78. The Morgan fingerprint density at radius 2 is 1.62 bits per heavy atom. The number of rotatable bonds is 5. The molecule has 4 heterocycles. The van der Waals surface area contributed by atoms with Gasteiger partial charge in [0.15, 0.2) is 0 Å². The normalized spacial score (nSPS) is 20.7. The van der Waals surface area contributed by atoms with Gasteiger partial charge in [-0.3, -0.25) is 9.69 Å². The number of likely N-dealkylation sites (tertiary alicyclic amines) is 1. The fraction of sp³-hybridized carbons (Fsp3) is 0.560. The Bertz CT molecular complexity index is 1170. The molecule has 10 nitrogen and oxygen atoms in total. The van der Waals surface area contributed by atoms with Gasteiger partial charge in [0, 0.05) is 54.2 Å². The SMILES string of the molecule is CCOC(=O)[C@]12CCCN(Cc3ccc(C)s3)C[C@H]1CN(c1ncccn1)C2.O=C(O)C(F)(F)F.O=C(O)C(F)(F)F. The smallest absolute Gasteiger partial charge is 0.475 e. The molecule has 17 heteroatoms.